The maximum absolute atomic E-state index is 7.77. The van der Waals surface area contributed by atoms with Gasteiger partial charge in [-0.15, -0.1) is 0 Å². The van der Waals surface area contributed by atoms with Crippen LogP contribution in [0.4, 0.5) is 34.1 Å². The van der Waals surface area contributed by atoms with Gasteiger partial charge in [-0.2, -0.15) is 0 Å². The van der Waals surface area contributed by atoms with E-state index in [1.54, 1.807) is 5.56 Å². The zero-order valence-electron chi connectivity index (χ0n) is 45.7. The first kappa shape index (κ1) is 46.4. The van der Waals surface area contributed by atoms with E-state index >= 15 is 0 Å². The van der Waals surface area contributed by atoms with Gasteiger partial charge >= 0.3 is 0 Å². The lowest BCUT2D eigenvalue weighted by atomic mass is 9.35. The minimum Gasteiger partial charge on any atom is -0.468 e. The van der Waals surface area contributed by atoms with E-state index in [-0.39, 0.29) is 44.6 Å². The summed E-state index contributed by atoms with van der Waals surface area (Å²) in [5.74, 6) is 0.516. The topological polar surface area (TPSA) is 19.6 Å². The fourth-order valence-corrected chi connectivity index (χ4v) is 14.4. The largest absolute Gasteiger partial charge is 0.468 e. The second-order valence-electron chi connectivity index (χ2n) is 28.5. The summed E-state index contributed by atoms with van der Waals surface area (Å²) in [5.41, 5.74) is 24.8. The van der Waals surface area contributed by atoms with Crippen LogP contribution in [0, 0.1) is 0 Å². The summed E-state index contributed by atoms with van der Waals surface area (Å²) in [6, 6.07) is 33.2. The second-order valence-corrected chi connectivity index (χ2v) is 28.5. The van der Waals surface area contributed by atoms with Crippen molar-refractivity contribution >= 4 is 68.4 Å². The summed E-state index contributed by atoms with van der Waals surface area (Å²) in [6.07, 6.45) is 13.8. The number of furan rings is 1. The van der Waals surface area contributed by atoms with Crippen molar-refractivity contribution in [3.63, 3.8) is 0 Å². The summed E-state index contributed by atoms with van der Waals surface area (Å²) in [6.45, 7) is 36.3. The van der Waals surface area contributed by atoms with Crippen LogP contribution >= 0.6 is 0 Å². The van der Waals surface area contributed by atoms with Crippen LogP contribution in [0.25, 0.3) is 11.0 Å². The summed E-state index contributed by atoms with van der Waals surface area (Å²) in [5, 5.41) is 1.28. The quantitative estimate of drug-likeness (QED) is 0.165. The number of nitrogens with zero attached hydrogens (tertiary/aromatic N) is 2. The first-order chi connectivity index (χ1) is 32.8. The summed E-state index contributed by atoms with van der Waals surface area (Å²) < 4.78 is 7.77. The highest BCUT2D eigenvalue weighted by atomic mass is 16.3. The molecule has 2 fully saturated rings. The van der Waals surface area contributed by atoms with Crippen molar-refractivity contribution < 1.29 is 4.42 Å². The minimum atomic E-state index is -0.0848. The molecule has 0 spiro atoms. The number of fused-ring (bicyclic) bond motifs is 9. The number of hydrogen-bond donors (Lipinski definition) is 0. The minimum absolute atomic E-state index is 0.0296. The van der Waals surface area contributed by atoms with Gasteiger partial charge in [-0.25, -0.2) is 0 Å². The van der Waals surface area contributed by atoms with Crippen LogP contribution in [-0.4, -0.2) is 6.71 Å². The highest BCUT2D eigenvalue weighted by Crippen LogP contribution is 2.59. The van der Waals surface area contributed by atoms with Crippen molar-refractivity contribution in [2.45, 2.75) is 218 Å². The van der Waals surface area contributed by atoms with Crippen molar-refractivity contribution in [2.75, 3.05) is 9.80 Å². The molecule has 5 aliphatic carbocycles. The molecule has 0 radical (unpaired) electrons. The van der Waals surface area contributed by atoms with E-state index in [9.17, 15) is 0 Å². The first-order valence-corrected chi connectivity index (χ1v) is 27.6. The molecule has 2 aliphatic heterocycles. The molecular weight excluding hydrogens is 848 g/mol. The Bertz CT molecular complexity index is 3110. The monoisotopic (exact) mass is 929 g/mol. The number of hydrogen-bond acceptors (Lipinski definition) is 3. The molecule has 3 nitrogen and oxygen atoms in total. The van der Waals surface area contributed by atoms with E-state index < -0.39 is 0 Å². The van der Waals surface area contributed by atoms with Crippen molar-refractivity contribution in [3.05, 3.63) is 123 Å². The van der Waals surface area contributed by atoms with Crippen LogP contribution in [0.15, 0.2) is 83.3 Å². The number of anilines is 6. The average molecular weight is 929 g/mol. The Morgan fingerprint density at radius 2 is 1.07 bits per heavy atom. The van der Waals surface area contributed by atoms with Gasteiger partial charge in [-0.1, -0.05) is 147 Å². The normalized spacial score (nSPS) is 23.5. The third kappa shape index (κ3) is 6.93. The predicted octanol–water partition coefficient (Wildman–Crippen LogP) is 16.9. The summed E-state index contributed by atoms with van der Waals surface area (Å²) in [7, 11) is 0. The Kier molecular flexibility index (Phi) is 9.90. The molecule has 0 saturated heterocycles. The molecule has 4 heteroatoms. The lowest BCUT2D eigenvalue weighted by Crippen LogP contribution is -2.61. The average Bonchev–Trinajstić information content (AvgIpc) is 3.68. The maximum atomic E-state index is 7.77. The SMILES string of the molecule is CC(C)(C)c1cc(N2c3ccc(C(C)(C)C)cc3B3c4oc5cc6c(cc5c4N(c4ccc5c(c4)C(C)(C)CCC5(C)C)c4cc(C5CCCCC5)cc2c43)C2(C)CCC6(C)CC2)cc(C(C)(C)C)c1. The Balaban J connectivity index is 1.23. The summed E-state index contributed by atoms with van der Waals surface area (Å²) >= 11 is 0. The van der Waals surface area contributed by atoms with Gasteiger partial charge in [0.25, 0.3) is 6.71 Å². The number of rotatable bonds is 3. The van der Waals surface area contributed by atoms with E-state index in [1.807, 2.05) is 0 Å². The molecular formula is C66H81BN2O. The molecule has 2 bridgehead atoms. The maximum Gasteiger partial charge on any atom is 0.297 e. The van der Waals surface area contributed by atoms with Crippen LogP contribution in [0.1, 0.15) is 225 Å². The Morgan fingerprint density at radius 1 is 0.500 bits per heavy atom. The van der Waals surface area contributed by atoms with E-state index in [4.69, 9.17) is 4.42 Å². The number of benzene rings is 5. The fourth-order valence-electron chi connectivity index (χ4n) is 14.4. The predicted molar refractivity (Wildman–Crippen MR) is 301 cm³/mol. The molecule has 1 aromatic heterocycles. The molecule has 0 amide bonds. The van der Waals surface area contributed by atoms with Gasteiger partial charge in [0.1, 0.15) is 5.58 Å². The van der Waals surface area contributed by atoms with Gasteiger partial charge in [-0.05, 0) is 205 Å². The zero-order valence-corrected chi connectivity index (χ0v) is 45.7. The molecule has 70 heavy (non-hydrogen) atoms. The molecule has 0 atom stereocenters. The molecule has 7 aliphatic rings. The first-order valence-electron chi connectivity index (χ1n) is 27.6. The molecule has 3 heterocycles. The van der Waals surface area contributed by atoms with E-state index in [1.165, 1.54) is 160 Å². The van der Waals surface area contributed by atoms with Crippen molar-refractivity contribution in [1.82, 2.24) is 0 Å². The standard InChI is InChI=1S/C66H81BN2O/c1-60(2,3)42-21-24-53-52(36-42)67-57-54(68(53)46-34-43(61(4,5)6)33-44(35-46)62(7,8)9)31-41(40-19-17-16-18-20-40)32-55(57)69(45-22-23-48-49(37-45)64(12,13)26-25-63(48,10)11)58-47-38-50-51(39-56(47)70-59(58)67)66(15)29-27-65(50,14)28-30-66/h21-24,31-40H,16-20,25-30H2,1-15H3. The van der Waals surface area contributed by atoms with Crippen molar-refractivity contribution in [1.29, 1.82) is 0 Å². The van der Waals surface area contributed by atoms with Crippen molar-refractivity contribution in [3.8, 4) is 0 Å². The highest BCUT2D eigenvalue weighted by molar-refractivity contribution is 7.00. The molecule has 2 saturated carbocycles. The van der Waals surface area contributed by atoms with Crippen LogP contribution in [-0.2, 0) is 37.9 Å². The van der Waals surface area contributed by atoms with Crippen LogP contribution in [0.3, 0.4) is 0 Å². The van der Waals surface area contributed by atoms with Gasteiger partial charge in [0.05, 0.1) is 11.3 Å². The lowest BCUT2D eigenvalue weighted by molar-refractivity contribution is 0.188. The van der Waals surface area contributed by atoms with Crippen molar-refractivity contribution in [2.24, 2.45) is 0 Å². The second kappa shape index (κ2) is 14.9. The van der Waals surface area contributed by atoms with E-state index in [0.717, 1.165) is 11.2 Å². The molecule has 364 valence electrons. The molecule has 0 N–H and O–H groups in total. The third-order valence-electron chi connectivity index (χ3n) is 19.5. The zero-order chi connectivity index (χ0) is 49.5. The molecule has 6 aromatic rings. The van der Waals surface area contributed by atoms with E-state index in [0.29, 0.717) is 5.92 Å². The molecule has 5 aromatic carbocycles. The Hall–Kier alpha value is -4.70. The lowest BCUT2D eigenvalue weighted by Gasteiger charge is -2.52. The smallest absolute Gasteiger partial charge is 0.297 e. The van der Waals surface area contributed by atoms with Crippen LogP contribution in [0.2, 0.25) is 0 Å². The Labute approximate surface area is 422 Å². The van der Waals surface area contributed by atoms with Gasteiger partial charge in [0, 0.05) is 33.8 Å². The van der Waals surface area contributed by atoms with E-state index in [2.05, 4.69) is 193 Å². The highest BCUT2D eigenvalue weighted by Gasteiger charge is 2.51. The molecule has 13 rings (SSSR count). The third-order valence-corrected chi connectivity index (χ3v) is 19.5. The molecule has 0 unspecified atom stereocenters. The van der Waals surface area contributed by atoms with Gasteiger partial charge in [0.15, 0.2) is 0 Å². The van der Waals surface area contributed by atoms with Crippen LogP contribution in [0.5, 0.6) is 0 Å². The van der Waals surface area contributed by atoms with Crippen LogP contribution < -0.4 is 26.4 Å². The fraction of sp³-hybridized carbons (Fsp3) is 0.515. The van der Waals surface area contributed by atoms with Gasteiger partial charge in [0.2, 0.25) is 0 Å². The Morgan fingerprint density at radius 3 is 1.67 bits per heavy atom. The van der Waals surface area contributed by atoms with Gasteiger partial charge < -0.3 is 14.2 Å². The summed E-state index contributed by atoms with van der Waals surface area (Å²) in [4.78, 5) is 5.44. The van der Waals surface area contributed by atoms with Gasteiger partial charge in [-0.3, -0.25) is 0 Å².